The third-order valence-electron chi connectivity index (χ3n) is 3.82. The summed E-state index contributed by atoms with van der Waals surface area (Å²) in [5.41, 5.74) is 2.36. The van der Waals surface area contributed by atoms with E-state index in [4.69, 9.17) is 0 Å². The number of nitrogens with zero attached hydrogens (tertiary/aromatic N) is 4. The number of aryl methyl sites for hydroxylation is 2. The van der Waals surface area contributed by atoms with Gasteiger partial charge in [0.15, 0.2) is 5.69 Å². The van der Waals surface area contributed by atoms with Crippen LogP contribution in [0.1, 0.15) is 22.7 Å². The first-order valence-electron chi connectivity index (χ1n) is 7.75. The number of imidazole rings is 1. The summed E-state index contributed by atoms with van der Waals surface area (Å²) in [6.07, 6.45) is 1.78. The summed E-state index contributed by atoms with van der Waals surface area (Å²) in [6.45, 7) is 0.745. The quantitative estimate of drug-likeness (QED) is 0.553. The average Bonchev–Trinajstić information content (AvgIpc) is 2.95. The number of para-hydroxylation sites is 2. The van der Waals surface area contributed by atoms with Crippen molar-refractivity contribution in [2.24, 2.45) is 7.05 Å². The van der Waals surface area contributed by atoms with Crippen molar-refractivity contribution in [3.63, 3.8) is 0 Å². The van der Waals surface area contributed by atoms with Gasteiger partial charge in [0, 0.05) is 20.0 Å². The van der Waals surface area contributed by atoms with Crippen LogP contribution in [0.15, 0.2) is 36.4 Å². The molecule has 2 aromatic heterocycles. The van der Waals surface area contributed by atoms with Crippen LogP contribution in [0.4, 0.5) is 5.82 Å². The number of fused-ring (bicyclic) bond motifs is 1. The number of rotatable bonds is 6. The van der Waals surface area contributed by atoms with Gasteiger partial charge in [-0.25, -0.2) is 9.78 Å². The van der Waals surface area contributed by atoms with Crippen molar-refractivity contribution < 1.29 is 9.53 Å². The Morgan fingerprint density at radius 3 is 2.75 bits per heavy atom. The van der Waals surface area contributed by atoms with Crippen LogP contribution in [0.2, 0.25) is 0 Å². The second-order valence-corrected chi connectivity index (χ2v) is 5.40. The molecule has 0 spiro atoms. The Labute approximate surface area is 139 Å². The summed E-state index contributed by atoms with van der Waals surface area (Å²) in [7, 11) is 3.35. The Kier molecular flexibility index (Phi) is 4.69. The van der Waals surface area contributed by atoms with Crippen LogP contribution in [0.5, 0.6) is 0 Å². The van der Waals surface area contributed by atoms with Gasteiger partial charge in [0.2, 0.25) is 0 Å². The minimum Gasteiger partial charge on any atom is -0.464 e. The van der Waals surface area contributed by atoms with E-state index in [1.165, 1.54) is 7.11 Å². The molecule has 0 saturated carbocycles. The van der Waals surface area contributed by atoms with Crippen molar-refractivity contribution in [3.05, 3.63) is 47.9 Å². The lowest BCUT2D eigenvalue weighted by Crippen LogP contribution is -2.09. The zero-order valence-corrected chi connectivity index (χ0v) is 13.7. The molecule has 0 aliphatic carbocycles. The van der Waals surface area contributed by atoms with Crippen LogP contribution in [0.3, 0.4) is 0 Å². The van der Waals surface area contributed by atoms with E-state index >= 15 is 0 Å². The van der Waals surface area contributed by atoms with Crippen LogP contribution in [-0.2, 0) is 18.2 Å². The molecule has 3 rings (SSSR count). The topological polar surface area (TPSA) is 81.9 Å². The summed E-state index contributed by atoms with van der Waals surface area (Å²) in [5, 5.41) is 11.0. The summed E-state index contributed by atoms with van der Waals surface area (Å²) in [5.74, 6) is 1.20. The number of hydrogen-bond donors (Lipinski definition) is 1. The van der Waals surface area contributed by atoms with Gasteiger partial charge in [0.05, 0.1) is 18.1 Å². The molecule has 1 aromatic carbocycles. The molecule has 0 radical (unpaired) electrons. The van der Waals surface area contributed by atoms with E-state index in [9.17, 15) is 4.79 Å². The van der Waals surface area contributed by atoms with Gasteiger partial charge in [-0.15, -0.1) is 10.2 Å². The monoisotopic (exact) mass is 325 g/mol. The van der Waals surface area contributed by atoms with Crippen LogP contribution >= 0.6 is 0 Å². The fraction of sp³-hybridized carbons (Fsp3) is 0.294. The van der Waals surface area contributed by atoms with Crippen molar-refractivity contribution in [1.29, 1.82) is 0 Å². The highest BCUT2D eigenvalue weighted by molar-refractivity contribution is 5.86. The Balaban J connectivity index is 1.53. The Morgan fingerprint density at radius 1 is 1.21 bits per heavy atom. The van der Waals surface area contributed by atoms with Crippen LogP contribution < -0.4 is 5.32 Å². The highest BCUT2D eigenvalue weighted by Crippen LogP contribution is 2.15. The fourth-order valence-corrected chi connectivity index (χ4v) is 2.52. The number of benzene rings is 1. The lowest BCUT2D eigenvalue weighted by Gasteiger charge is -2.06. The first kappa shape index (κ1) is 15.9. The van der Waals surface area contributed by atoms with E-state index in [0.717, 1.165) is 36.2 Å². The van der Waals surface area contributed by atoms with Crippen molar-refractivity contribution in [2.45, 2.75) is 12.8 Å². The Morgan fingerprint density at radius 2 is 2.04 bits per heavy atom. The van der Waals surface area contributed by atoms with Crippen LogP contribution in [0.25, 0.3) is 11.0 Å². The van der Waals surface area contributed by atoms with Gasteiger partial charge in [-0.3, -0.25) is 0 Å². The zero-order chi connectivity index (χ0) is 16.9. The zero-order valence-electron chi connectivity index (χ0n) is 13.7. The molecule has 0 aliphatic heterocycles. The van der Waals surface area contributed by atoms with Crippen molar-refractivity contribution in [3.8, 4) is 0 Å². The Hall–Kier alpha value is -2.96. The maximum Gasteiger partial charge on any atom is 0.358 e. The number of ether oxygens (including phenoxy) is 1. The van der Waals surface area contributed by atoms with Crippen LogP contribution in [0, 0.1) is 0 Å². The summed E-state index contributed by atoms with van der Waals surface area (Å²) in [4.78, 5) is 15.9. The molecule has 0 bridgehead atoms. The second-order valence-electron chi connectivity index (χ2n) is 5.40. The number of anilines is 1. The first-order valence-corrected chi connectivity index (χ1v) is 7.75. The van der Waals surface area contributed by atoms with Gasteiger partial charge >= 0.3 is 5.97 Å². The maximum absolute atomic E-state index is 11.3. The summed E-state index contributed by atoms with van der Waals surface area (Å²) < 4.78 is 6.71. The summed E-state index contributed by atoms with van der Waals surface area (Å²) in [6, 6.07) is 11.4. The van der Waals surface area contributed by atoms with Gasteiger partial charge in [-0.1, -0.05) is 12.1 Å². The lowest BCUT2D eigenvalue weighted by molar-refractivity contribution is 0.0593. The maximum atomic E-state index is 11.3. The number of methoxy groups -OCH3 is 1. The molecule has 0 saturated heterocycles. The van der Waals surface area contributed by atoms with Crippen LogP contribution in [-0.4, -0.2) is 39.4 Å². The number of nitrogens with one attached hydrogen (secondary N) is 1. The lowest BCUT2D eigenvalue weighted by atomic mass is 10.3. The largest absolute Gasteiger partial charge is 0.464 e. The van der Waals surface area contributed by atoms with E-state index in [1.807, 2.05) is 25.2 Å². The van der Waals surface area contributed by atoms with Crippen molar-refractivity contribution in [1.82, 2.24) is 19.7 Å². The number of esters is 1. The highest BCUT2D eigenvalue weighted by atomic mass is 16.5. The molecule has 3 aromatic rings. The third kappa shape index (κ3) is 3.34. The summed E-state index contributed by atoms with van der Waals surface area (Å²) >= 11 is 0. The fourth-order valence-electron chi connectivity index (χ4n) is 2.52. The average molecular weight is 325 g/mol. The minimum absolute atomic E-state index is 0.197. The number of aromatic nitrogens is 4. The van der Waals surface area contributed by atoms with Gasteiger partial charge in [0.25, 0.3) is 0 Å². The minimum atomic E-state index is -0.490. The molecule has 0 amide bonds. The predicted octanol–water partition coefficient (Wildman–Crippen LogP) is 2.19. The number of carbonyl (C=O) groups excluding carboxylic acids is 1. The molecule has 0 atom stereocenters. The highest BCUT2D eigenvalue weighted by Gasteiger charge is 2.08. The van der Waals surface area contributed by atoms with E-state index in [-0.39, 0.29) is 5.69 Å². The molecule has 7 nitrogen and oxygen atoms in total. The normalized spacial score (nSPS) is 10.8. The molecule has 0 unspecified atom stereocenters. The predicted molar refractivity (Wildman–Crippen MR) is 90.9 cm³/mol. The van der Waals surface area contributed by atoms with Gasteiger partial charge in [0.1, 0.15) is 11.6 Å². The smallest absolute Gasteiger partial charge is 0.358 e. The molecule has 7 heteroatoms. The van der Waals surface area contributed by atoms with E-state index in [2.05, 4.69) is 35.9 Å². The SMILES string of the molecule is COC(=O)c1ccc(NCCCc2nc3ccccc3n2C)nn1. The standard InChI is InChI=1S/C17H19N5O2/c1-22-14-7-4-3-6-12(14)19-16(22)8-5-11-18-15-10-9-13(20-21-15)17(23)24-2/h3-4,6-7,9-10H,5,8,11H2,1-2H3,(H,18,21). The molecule has 24 heavy (non-hydrogen) atoms. The number of carbonyl (C=O) groups is 1. The van der Waals surface area contributed by atoms with Gasteiger partial charge in [-0.2, -0.15) is 0 Å². The van der Waals surface area contributed by atoms with Crippen molar-refractivity contribution >= 4 is 22.8 Å². The molecule has 124 valence electrons. The van der Waals surface area contributed by atoms with E-state index in [0.29, 0.717) is 5.82 Å². The van der Waals surface area contributed by atoms with E-state index < -0.39 is 5.97 Å². The second kappa shape index (κ2) is 7.08. The Bertz CT molecular complexity index is 842. The third-order valence-corrected chi connectivity index (χ3v) is 3.82. The van der Waals surface area contributed by atoms with E-state index in [1.54, 1.807) is 12.1 Å². The van der Waals surface area contributed by atoms with Gasteiger partial charge in [-0.05, 0) is 30.7 Å². The molecule has 0 fully saturated rings. The molecule has 0 aliphatic rings. The van der Waals surface area contributed by atoms with Gasteiger partial charge < -0.3 is 14.6 Å². The van der Waals surface area contributed by atoms with Crippen molar-refractivity contribution in [2.75, 3.05) is 19.0 Å². The molecular weight excluding hydrogens is 306 g/mol. The first-order chi connectivity index (χ1) is 11.7. The molecule has 1 N–H and O–H groups in total. The molecular formula is C17H19N5O2. The molecule has 2 heterocycles. The number of hydrogen-bond acceptors (Lipinski definition) is 6.